The third-order valence-electron chi connectivity index (χ3n) is 2.47. The van der Waals surface area contributed by atoms with E-state index in [4.69, 9.17) is 5.84 Å². The number of nitro benzene ring substituents is 1. The zero-order valence-electron chi connectivity index (χ0n) is 10.7. The van der Waals surface area contributed by atoms with Crippen molar-refractivity contribution in [3.05, 3.63) is 39.4 Å². The van der Waals surface area contributed by atoms with Crippen molar-refractivity contribution in [1.82, 2.24) is 4.98 Å². The van der Waals surface area contributed by atoms with Gasteiger partial charge in [-0.25, -0.2) is 13.4 Å². The van der Waals surface area contributed by atoms with Crippen LogP contribution in [0.1, 0.15) is 5.69 Å². The Balaban J connectivity index is 2.52. The van der Waals surface area contributed by atoms with E-state index in [-0.39, 0.29) is 10.8 Å². The second-order valence-corrected chi connectivity index (χ2v) is 6.46. The van der Waals surface area contributed by atoms with E-state index in [0.717, 1.165) is 17.4 Å². The van der Waals surface area contributed by atoms with Crippen LogP contribution in [0.25, 0.3) is 0 Å². The third kappa shape index (κ3) is 3.09. The quantitative estimate of drug-likeness (QED) is 0.428. The van der Waals surface area contributed by atoms with Gasteiger partial charge in [0.05, 0.1) is 10.6 Å². The third-order valence-corrected chi connectivity index (χ3v) is 4.84. The number of benzene rings is 1. The van der Waals surface area contributed by atoms with Crippen molar-refractivity contribution >= 4 is 37.9 Å². The number of hydrazine groups is 1. The molecule has 0 spiro atoms. The van der Waals surface area contributed by atoms with Crippen LogP contribution in [-0.2, 0) is 10.0 Å². The maximum atomic E-state index is 12.3. The number of hydrogen-bond donors (Lipinski definition) is 3. The van der Waals surface area contributed by atoms with Crippen LogP contribution in [0.3, 0.4) is 0 Å². The number of sulfonamides is 1. The molecule has 0 aliphatic rings. The Labute approximate surface area is 124 Å². The fourth-order valence-electron chi connectivity index (χ4n) is 1.61. The van der Waals surface area contributed by atoms with Gasteiger partial charge in [0.1, 0.15) is 5.69 Å². The van der Waals surface area contributed by atoms with Gasteiger partial charge in [-0.1, -0.05) is 6.07 Å². The van der Waals surface area contributed by atoms with Crippen molar-refractivity contribution in [3.63, 3.8) is 0 Å². The number of aryl methyl sites for hydroxylation is 1. The summed E-state index contributed by atoms with van der Waals surface area (Å²) < 4.78 is 26.8. The predicted molar refractivity (Wildman–Crippen MR) is 78.6 cm³/mol. The van der Waals surface area contributed by atoms with E-state index in [1.54, 1.807) is 12.3 Å². The van der Waals surface area contributed by atoms with E-state index in [1.807, 2.05) is 0 Å². The summed E-state index contributed by atoms with van der Waals surface area (Å²) in [4.78, 5) is 13.8. The molecule has 0 aliphatic heterocycles. The summed E-state index contributed by atoms with van der Waals surface area (Å²) in [5, 5.41) is 12.9. The average molecular weight is 329 g/mol. The van der Waals surface area contributed by atoms with Crippen LogP contribution in [0.2, 0.25) is 0 Å². The van der Waals surface area contributed by atoms with Gasteiger partial charge in [0, 0.05) is 5.38 Å². The molecule has 4 N–H and O–H groups in total. The van der Waals surface area contributed by atoms with Crippen LogP contribution in [0.15, 0.2) is 28.5 Å². The minimum atomic E-state index is -4.15. The largest absolute Gasteiger partial charge is 0.318 e. The van der Waals surface area contributed by atoms with E-state index in [2.05, 4.69) is 15.1 Å². The van der Waals surface area contributed by atoms with Crippen LogP contribution >= 0.6 is 11.3 Å². The number of nitrogen functional groups attached to an aromatic ring is 1. The van der Waals surface area contributed by atoms with Crippen LogP contribution in [0, 0.1) is 17.0 Å². The fourth-order valence-corrected chi connectivity index (χ4v) is 3.75. The molecule has 0 aliphatic carbocycles. The Morgan fingerprint density at radius 2 is 2.14 bits per heavy atom. The summed E-state index contributed by atoms with van der Waals surface area (Å²) in [5.41, 5.74) is 2.03. The second-order valence-electron chi connectivity index (χ2n) is 3.95. The second kappa shape index (κ2) is 5.63. The lowest BCUT2D eigenvalue weighted by molar-refractivity contribution is -0.386. The molecule has 0 atom stereocenters. The van der Waals surface area contributed by atoms with E-state index >= 15 is 0 Å². The SMILES string of the molecule is Cc1csc(NS(=O)(=O)c2cccc(NN)c2[N+](=O)[O-])n1. The highest BCUT2D eigenvalue weighted by Gasteiger charge is 2.29. The van der Waals surface area contributed by atoms with Gasteiger partial charge in [-0.3, -0.25) is 20.7 Å². The summed E-state index contributed by atoms with van der Waals surface area (Å²) in [6.07, 6.45) is 0. The van der Waals surface area contributed by atoms with Gasteiger partial charge in [-0.2, -0.15) is 0 Å². The number of nitrogens with two attached hydrogens (primary N) is 1. The number of thiazole rings is 1. The number of aromatic nitrogens is 1. The highest BCUT2D eigenvalue weighted by atomic mass is 32.2. The standard InChI is InChI=1S/C10H11N5O4S2/c1-6-5-20-10(12-6)14-21(18,19)8-4-2-3-7(13-11)9(8)15(16)17/h2-5,13H,11H2,1H3,(H,12,14). The van der Waals surface area contributed by atoms with E-state index in [1.165, 1.54) is 12.1 Å². The highest BCUT2D eigenvalue weighted by molar-refractivity contribution is 7.93. The molecule has 0 fully saturated rings. The van der Waals surface area contributed by atoms with Gasteiger partial charge < -0.3 is 5.43 Å². The molecule has 0 saturated heterocycles. The zero-order chi connectivity index (χ0) is 15.6. The fraction of sp³-hybridized carbons (Fsp3) is 0.100. The number of nitrogens with zero attached hydrogens (tertiary/aromatic N) is 2. The molecule has 0 saturated carbocycles. The number of nitro groups is 1. The first-order valence-corrected chi connectivity index (χ1v) is 7.90. The first-order chi connectivity index (χ1) is 9.85. The van der Waals surface area contributed by atoms with E-state index in [9.17, 15) is 18.5 Å². The van der Waals surface area contributed by atoms with Crippen molar-refractivity contribution in [2.24, 2.45) is 5.84 Å². The maximum Gasteiger partial charge on any atom is 0.314 e. The van der Waals surface area contributed by atoms with Crippen LogP contribution < -0.4 is 16.0 Å². The molecule has 2 rings (SSSR count). The molecule has 0 radical (unpaired) electrons. The van der Waals surface area contributed by atoms with Crippen molar-refractivity contribution in [1.29, 1.82) is 0 Å². The predicted octanol–water partition coefficient (Wildman–Crippen LogP) is 1.45. The number of nitrogens with one attached hydrogen (secondary N) is 2. The minimum Gasteiger partial charge on any atom is -0.318 e. The molecule has 21 heavy (non-hydrogen) atoms. The normalized spacial score (nSPS) is 11.1. The average Bonchev–Trinajstić information content (AvgIpc) is 2.82. The van der Waals surface area contributed by atoms with Gasteiger partial charge in [0.15, 0.2) is 10.0 Å². The Kier molecular flexibility index (Phi) is 4.06. The summed E-state index contributed by atoms with van der Waals surface area (Å²) in [7, 11) is -4.15. The van der Waals surface area contributed by atoms with Crippen molar-refractivity contribution in [2.75, 3.05) is 10.1 Å². The van der Waals surface area contributed by atoms with Crippen LogP contribution in [-0.4, -0.2) is 18.3 Å². The molecule has 0 amide bonds. The van der Waals surface area contributed by atoms with Gasteiger partial charge in [0.2, 0.25) is 0 Å². The lowest BCUT2D eigenvalue weighted by atomic mass is 10.3. The molecule has 0 unspecified atom stereocenters. The summed E-state index contributed by atoms with van der Waals surface area (Å²) in [5.74, 6) is 5.18. The lowest BCUT2D eigenvalue weighted by Gasteiger charge is -2.08. The van der Waals surface area contributed by atoms with Gasteiger partial charge >= 0.3 is 5.69 Å². The zero-order valence-corrected chi connectivity index (χ0v) is 12.4. The molecule has 11 heteroatoms. The van der Waals surface area contributed by atoms with E-state index < -0.39 is 25.5 Å². The van der Waals surface area contributed by atoms with Crippen LogP contribution in [0.4, 0.5) is 16.5 Å². The topological polar surface area (TPSA) is 140 Å². The molecule has 9 nitrogen and oxygen atoms in total. The highest BCUT2D eigenvalue weighted by Crippen LogP contribution is 2.32. The number of anilines is 2. The summed E-state index contributed by atoms with van der Waals surface area (Å²) in [6, 6.07) is 3.79. The van der Waals surface area contributed by atoms with Crippen molar-refractivity contribution in [3.8, 4) is 0 Å². The smallest absolute Gasteiger partial charge is 0.314 e. The Morgan fingerprint density at radius 3 is 2.67 bits per heavy atom. The minimum absolute atomic E-state index is 0.0989. The summed E-state index contributed by atoms with van der Waals surface area (Å²) in [6.45, 7) is 1.70. The van der Waals surface area contributed by atoms with E-state index in [0.29, 0.717) is 5.69 Å². The molecule has 2 aromatic rings. The Morgan fingerprint density at radius 1 is 1.43 bits per heavy atom. The molecular formula is C10H11N5O4S2. The van der Waals surface area contributed by atoms with Crippen LogP contribution in [0.5, 0.6) is 0 Å². The lowest BCUT2D eigenvalue weighted by Crippen LogP contribution is -2.17. The Hall–Kier alpha value is -2.24. The molecule has 112 valence electrons. The number of hydrogen-bond acceptors (Lipinski definition) is 8. The van der Waals surface area contributed by atoms with Gasteiger partial charge in [-0.15, -0.1) is 11.3 Å². The number of rotatable bonds is 5. The molecule has 1 heterocycles. The first-order valence-electron chi connectivity index (χ1n) is 5.54. The maximum absolute atomic E-state index is 12.3. The molecule has 1 aromatic carbocycles. The monoisotopic (exact) mass is 329 g/mol. The van der Waals surface area contributed by atoms with Gasteiger partial charge in [0.25, 0.3) is 10.0 Å². The first kappa shape index (κ1) is 15.2. The molecule has 1 aromatic heterocycles. The molecular weight excluding hydrogens is 318 g/mol. The Bertz CT molecular complexity index is 786. The van der Waals surface area contributed by atoms with Crippen molar-refractivity contribution < 1.29 is 13.3 Å². The number of para-hydroxylation sites is 1. The van der Waals surface area contributed by atoms with Crippen molar-refractivity contribution in [2.45, 2.75) is 11.8 Å². The molecule has 0 bridgehead atoms. The summed E-state index contributed by atoms with van der Waals surface area (Å²) >= 11 is 1.08. The van der Waals surface area contributed by atoms with Gasteiger partial charge in [-0.05, 0) is 19.1 Å².